The average molecular weight is 504 g/mol. The summed E-state index contributed by atoms with van der Waals surface area (Å²) in [6, 6.07) is 5.90. The van der Waals surface area contributed by atoms with Gasteiger partial charge in [-0.2, -0.15) is 4.31 Å². The number of aryl methyl sites for hydroxylation is 2. The predicted octanol–water partition coefficient (Wildman–Crippen LogP) is 4.63. The first kappa shape index (κ1) is 23.6. The van der Waals surface area contributed by atoms with Crippen molar-refractivity contribution in [2.45, 2.75) is 18.7 Å². The topological polar surface area (TPSA) is 53.5 Å². The zero-order valence-electron chi connectivity index (χ0n) is 17.5. The number of rotatable bonds is 4. The molecule has 0 bridgehead atoms. The van der Waals surface area contributed by atoms with Crippen molar-refractivity contribution in [3.63, 3.8) is 0 Å². The molecule has 176 valence electrons. The van der Waals surface area contributed by atoms with Crippen LogP contribution in [0.15, 0.2) is 28.5 Å². The van der Waals surface area contributed by atoms with Gasteiger partial charge in [0.15, 0.2) is 33.3 Å². The summed E-state index contributed by atoms with van der Waals surface area (Å²) >= 11 is 1.37. The van der Waals surface area contributed by atoms with Gasteiger partial charge in [-0.25, -0.2) is 35.4 Å². The van der Waals surface area contributed by atoms with Gasteiger partial charge in [0.25, 0.3) is 0 Å². The van der Waals surface area contributed by atoms with E-state index in [9.17, 15) is 30.4 Å². The van der Waals surface area contributed by atoms with E-state index >= 15 is 0 Å². The quantitative estimate of drug-likeness (QED) is 0.296. The van der Waals surface area contributed by atoms with Crippen LogP contribution in [0.4, 0.5) is 27.1 Å². The number of hydrogen-bond donors (Lipinski definition) is 0. The van der Waals surface area contributed by atoms with Crippen molar-refractivity contribution in [1.29, 1.82) is 0 Å². The Balaban J connectivity index is 1.55. The molecule has 33 heavy (non-hydrogen) atoms. The molecule has 4 rings (SSSR count). The minimum atomic E-state index is -4.95. The maximum atomic E-state index is 14.1. The van der Waals surface area contributed by atoms with Gasteiger partial charge in [0.1, 0.15) is 0 Å². The van der Waals surface area contributed by atoms with Crippen LogP contribution in [0.5, 0.6) is 0 Å². The van der Waals surface area contributed by atoms with Crippen LogP contribution in [-0.4, -0.2) is 43.9 Å². The molecule has 1 saturated heterocycles. The van der Waals surface area contributed by atoms with Crippen molar-refractivity contribution < 1.29 is 30.4 Å². The second kappa shape index (κ2) is 8.65. The lowest BCUT2D eigenvalue weighted by atomic mass is 10.0. The van der Waals surface area contributed by atoms with Gasteiger partial charge in [-0.15, -0.1) is 11.3 Å². The van der Waals surface area contributed by atoms with Crippen LogP contribution in [0.1, 0.15) is 11.1 Å². The zero-order valence-corrected chi connectivity index (χ0v) is 19.1. The minimum absolute atomic E-state index is 0.133. The Hall–Kier alpha value is -2.57. The van der Waals surface area contributed by atoms with Crippen molar-refractivity contribution in [3.05, 3.63) is 63.8 Å². The molecule has 0 N–H and O–H groups in total. The molecule has 0 aliphatic carbocycles. The highest BCUT2D eigenvalue weighted by molar-refractivity contribution is 7.89. The smallest absolute Gasteiger partial charge is 0.249 e. The number of thiazole rings is 1. The lowest BCUT2D eigenvalue weighted by Crippen LogP contribution is -2.49. The number of benzene rings is 2. The van der Waals surface area contributed by atoms with Gasteiger partial charge in [-0.1, -0.05) is 18.2 Å². The van der Waals surface area contributed by atoms with Gasteiger partial charge in [-0.3, -0.25) is 0 Å². The lowest BCUT2D eigenvalue weighted by Gasteiger charge is -2.33. The highest BCUT2D eigenvalue weighted by Gasteiger charge is 2.38. The van der Waals surface area contributed by atoms with E-state index in [1.807, 2.05) is 42.3 Å². The predicted molar refractivity (Wildman–Crippen MR) is 114 cm³/mol. The molecule has 0 amide bonds. The van der Waals surface area contributed by atoms with Crippen LogP contribution in [-0.2, 0) is 10.0 Å². The van der Waals surface area contributed by atoms with Crippen LogP contribution in [0.3, 0.4) is 0 Å². The highest BCUT2D eigenvalue weighted by Crippen LogP contribution is 2.33. The van der Waals surface area contributed by atoms with Crippen LogP contribution < -0.4 is 4.90 Å². The summed E-state index contributed by atoms with van der Waals surface area (Å²) in [5, 5.41) is 2.53. The van der Waals surface area contributed by atoms with E-state index in [0.29, 0.717) is 9.44 Å². The molecule has 5 nitrogen and oxygen atoms in total. The van der Waals surface area contributed by atoms with Gasteiger partial charge < -0.3 is 4.90 Å². The first-order valence-electron chi connectivity index (χ1n) is 9.82. The number of piperazine rings is 1. The van der Waals surface area contributed by atoms with Crippen molar-refractivity contribution in [2.24, 2.45) is 0 Å². The number of sulfonamides is 1. The molecule has 12 heteroatoms. The molecule has 1 aliphatic rings. The molecular weight excluding hydrogens is 485 g/mol. The zero-order chi connectivity index (χ0) is 24.1. The van der Waals surface area contributed by atoms with Crippen molar-refractivity contribution in [3.8, 4) is 11.3 Å². The first-order chi connectivity index (χ1) is 15.5. The Kier molecular flexibility index (Phi) is 6.18. The Bertz CT molecular complexity index is 1290. The molecular formula is C21H18F5N3O2S2. The second-order valence-electron chi connectivity index (χ2n) is 7.57. The number of anilines is 1. The number of hydrogen-bond acceptors (Lipinski definition) is 5. The summed E-state index contributed by atoms with van der Waals surface area (Å²) in [6.45, 7) is 3.80. The largest absolute Gasteiger partial charge is 0.345 e. The number of nitrogens with zero attached hydrogens (tertiary/aromatic N) is 3. The Labute approximate surface area is 191 Å². The molecule has 0 atom stereocenters. The summed E-state index contributed by atoms with van der Waals surface area (Å²) in [6.07, 6.45) is 0. The fourth-order valence-electron chi connectivity index (χ4n) is 3.80. The Morgan fingerprint density at radius 2 is 1.36 bits per heavy atom. The summed E-state index contributed by atoms with van der Waals surface area (Å²) in [5.74, 6) is -11.7. The average Bonchev–Trinajstić information content (AvgIpc) is 3.26. The molecule has 1 fully saturated rings. The van der Waals surface area contributed by atoms with Crippen molar-refractivity contribution in [1.82, 2.24) is 9.29 Å². The first-order valence-corrected chi connectivity index (χ1v) is 12.1. The van der Waals surface area contributed by atoms with Gasteiger partial charge in [0.05, 0.1) is 5.69 Å². The van der Waals surface area contributed by atoms with Crippen LogP contribution in [0.25, 0.3) is 11.3 Å². The molecule has 3 aromatic rings. The van der Waals surface area contributed by atoms with Gasteiger partial charge in [0.2, 0.25) is 15.8 Å². The molecule has 2 aromatic carbocycles. The second-order valence-corrected chi connectivity index (χ2v) is 10.3. The van der Waals surface area contributed by atoms with E-state index < -0.39 is 44.0 Å². The lowest BCUT2D eigenvalue weighted by molar-refractivity contribution is 0.344. The molecule has 1 aromatic heterocycles. The van der Waals surface area contributed by atoms with Crippen LogP contribution >= 0.6 is 11.3 Å². The van der Waals surface area contributed by atoms with Crippen molar-refractivity contribution in [2.75, 3.05) is 31.1 Å². The van der Waals surface area contributed by atoms with Gasteiger partial charge >= 0.3 is 0 Å². The van der Waals surface area contributed by atoms with E-state index in [4.69, 9.17) is 0 Å². The SMILES string of the molecule is Cc1cccc(C)c1-c1csc(N2CCN(S(=O)(=O)c3c(F)c(F)c(F)c(F)c3F)CC2)n1. The molecule has 2 heterocycles. The van der Waals surface area contributed by atoms with Gasteiger partial charge in [0, 0.05) is 37.1 Å². The third-order valence-electron chi connectivity index (χ3n) is 5.51. The number of aromatic nitrogens is 1. The number of halogens is 5. The fraction of sp³-hybridized carbons (Fsp3) is 0.286. The minimum Gasteiger partial charge on any atom is -0.345 e. The molecule has 0 saturated carbocycles. The summed E-state index contributed by atoms with van der Waals surface area (Å²) < 4.78 is 94.6. The Morgan fingerprint density at radius 1 is 0.848 bits per heavy atom. The maximum Gasteiger partial charge on any atom is 0.249 e. The normalized spacial score (nSPS) is 15.3. The molecule has 1 aliphatic heterocycles. The maximum absolute atomic E-state index is 14.1. The van der Waals surface area contributed by atoms with E-state index in [0.717, 1.165) is 22.4 Å². The monoisotopic (exact) mass is 503 g/mol. The van der Waals surface area contributed by atoms with Crippen LogP contribution in [0.2, 0.25) is 0 Å². The van der Waals surface area contributed by atoms with E-state index in [1.165, 1.54) is 11.3 Å². The Morgan fingerprint density at radius 3 is 1.91 bits per heavy atom. The standard InChI is InChI=1S/C21H18F5N3O2S2/c1-11-4-3-5-12(2)14(11)13-10-32-21(27-13)28-6-8-29(9-7-28)33(30,31)20-18(25)16(23)15(22)17(24)19(20)26/h3-5,10H,6-9H2,1-2H3. The molecule has 0 radical (unpaired) electrons. The fourth-order valence-corrected chi connectivity index (χ4v) is 6.21. The molecule has 0 spiro atoms. The van der Waals surface area contributed by atoms with Crippen LogP contribution in [0, 0.1) is 42.9 Å². The van der Waals surface area contributed by atoms with Gasteiger partial charge in [-0.05, 0) is 25.0 Å². The summed E-state index contributed by atoms with van der Waals surface area (Å²) in [7, 11) is -4.95. The van der Waals surface area contributed by atoms with Crippen molar-refractivity contribution >= 4 is 26.5 Å². The van der Waals surface area contributed by atoms with E-state index in [2.05, 4.69) is 4.98 Å². The third-order valence-corrected chi connectivity index (χ3v) is 8.33. The summed E-state index contributed by atoms with van der Waals surface area (Å²) in [4.78, 5) is 4.63. The van der Waals surface area contributed by atoms with E-state index in [-0.39, 0.29) is 26.2 Å². The third kappa shape index (κ3) is 4.00. The molecule has 0 unspecified atom stereocenters. The van der Waals surface area contributed by atoms with E-state index in [1.54, 1.807) is 0 Å². The highest BCUT2D eigenvalue weighted by atomic mass is 32.2. The summed E-state index contributed by atoms with van der Waals surface area (Å²) in [5.41, 5.74) is 3.91.